The molecule has 0 unspecified atom stereocenters. The minimum atomic E-state index is -0.800. The predicted molar refractivity (Wildman–Crippen MR) is 72.2 cm³/mol. The Labute approximate surface area is 118 Å². The van der Waals surface area contributed by atoms with Gasteiger partial charge in [0.05, 0.1) is 22.2 Å². The predicted octanol–water partition coefficient (Wildman–Crippen LogP) is 2.86. The summed E-state index contributed by atoms with van der Waals surface area (Å²) in [6, 6.07) is 10.6. The smallest absolute Gasteiger partial charge is 0.282 e. The number of hydrogen-bond acceptors (Lipinski definition) is 4. The molecule has 7 heteroatoms. The van der Waals surface area contributed by atoms with Crippen LogP contribution >= 0.6 is 0 Å². The molecule has 0 aliphatic carbocycles. The summed E-state index contributed by atoms with van der Waals surface area (Å²) in [7, 11) is 0. The van der Waals surface area contributed by atoms with Crippen LogP contribution < -0.4 is 5.32 Å². The molecule has 0 saturated heterocycles. The van der Waals surface area contributed by atoms with Gasteiger partial charge in [-0.15, -0.1) is 0 Å². The number of rotatable bonds is 3. The molecule has 0 fully saturated rings. The summed E-state index contributed by atoms with van der Waals surface area (Å²) in [4.78, 5) is 22.2. The van der Waals surface area contributed by atoms with Gasteiger partial charge in [0.25, 0.3) is 11.6 Å². The van der Waals surface area contributed by atoms with E-state index in [4.69, 9.17) is 5.26 Å². The number of carbonyl (C=O) groups excluding carboxylic acids is 1. The molecule has 0 spiro atoms. The molecular weight excluding hydrogens is 277 g/mol. The zero-order valence-corrected chi connectivity index (χ0v) is 10.5. The van der Waals surface area contributed by atoms with Gasteiger partial charge in [-0.2, -0.15) is 5.26 Å². The number of nitrogens with zero attached hydrogens (tertiary/aromatic N) is 2. The summed E-state index contributed by atoms with van der Waals surface area (Å²) in [5.74, 6) is -1.59. The molecule has 1 amide bonds. The molecule has 2 rings (SSSR count). The van der Waals surface area contributed by atoms with Gasteiger partial charge >= 0.3 is 0 Å². The number of amides is 1. The largest absolute Gasteiger partial charge is 0.319 e. The lowest BCUT2D eigenvalue weighted by Crippen LogP contribution is -2.14. The third-order valence-corrected chi connectivity index (χ3v) is 2.69. The molecule has 0 radical (unpaired) electrons. The minimum absolute atomic E-state index is 0.108. The summed E-state index contributed by atoms with van der Waals surface area (Å²) in [6.45, 7) is 0. The van der Waals surface area contributed by atoms with E-state index in [-0.39, 0.29) is 22.5 Å². The topological polar surface area (TPSA) is 96.0 Å². The van der Waals surface area contributed by atoms with Crippen molar-refractivity contribution in [2.24, 2.45) is 0 Å². The highest BCUT2D eigenvalue weighted by Crippen LogP contribution is 2.21. The second-order valence-corrected chi connectivity index (χ2v) is 4.03. The van der Waals surface area contributed by atoms with Crippen LogP contribution in [0.2, 0.25) is 0 Å². The molecule has 2 aromatic carbocycles. The SMILES string of the molecule is N#Cc1ccc(NC(=O)c2ccccc2[N+](=O)[O-])c(F)c1. The maximum Gasteiger partial charge on any atom is 0.282 e. The lowest BCUT2D eigenvalue weighted by Gasteiger charge is -2.07. The summed E-state index contributed by atoms with van der Waals surface area (Å²) in [5, 5.41) is 21.7. The number of nitrogens with one attached hydrogen (secondary N) is 1. The number of nitriles is 1. The number of nitro benzene ring substituents is 1. The Bertz CT molecular complexity index is 768. The maximum absolute atomic E-state index is 13.7. The Balaban J connectivity index is 2.31. The van der Waals surface area contributed by atoms with Crippen LogP contribution in [0.15, 0.2) is 42.5 Å². The monoisotopic (exact) mass is 285 g/mol. The van der Waals surface area contributed by atoms with Gasteiger partial charge < -0.3 is 5.32 Å². The third kappa shape index (κ3) is 3.01. The fourth-order valence-corrected chi connectivity index (χ4v) is 1.70. The highest BCUT2D eigenvalue weighted by Gasteiger charge is 2.20. The zero-order chi connectivity index (χ0) is 15.4. The van der Waals surface area contributed by atoms with E-state index in [1.54, 1.807) is 6.07 Å². The molecule has 104 valence electrons. The van der Waals surface area contributed by atoms with Gasteiger partial charge in [0, 0.05) is 6.07 Å². The van der Waals surface area contributed by atoms with Crippen molar-refractivity contribution in [1.82, 2.24) is 0 Å². The van der Waals surface area contributed by atoms with E-state index in [0.717, 1.165) is 6.07 Å². The van der Waals surface area contributed by atoms with Crippen molar-refractivity contribution in [3.63, 3.8) is 0 Å². The van der Waals surface area contributed by atoms with Crippen molar-refractivity contribution in [1.29, 1.82) is 5.26 Å². The number of para-hydroxylation sites is 1. The molecule has 1 N–H and O–H groups in total. The quantitative estimate of drug-likeness (QED) is 0.692. The van der Waals surface area contributed by atoms with Gasteiger partial charge in [0.15, 0.2) is 0 Å². The molecule has 0 saturated carbocycles. The number of carbonyl (C=O) groups is 1. The van der Waals surface area contributed by atoms with E-state index in [1.165, 1.54) is 36.4 Å². The van der Waals surface area contributed by atoms with Crippen molar-refractivity contribution >= 4 is 17.3 Å². The molecule has 0 aliphatic rings. The van der Waals surface area contributed by atoms with Gasteiger partial charge in [0.2, 0.25) is 0 Å². The Morgan fingerprint density at radius 2 is 2.00 bits per heavy atom. The lowest BCUT2D eigenvalue weighted by molar-refractivity contribution is -0.385. The molecular formula is C14H8FN3O3. The Hall–Kier alpha value is -3.27. The van der Waals surface area contributed by atoms with Crippen LogP contribution in [0, 0.1) is 27.3 Å². The van der Waals surface area contributed by atoms with Gasteiger partial charge in [-0.1, -0.05) is 12.1 Å². The second-order valence-electron chi connectivity index (χ2n) is 4.03. The number of hydrogen-bond donors (Lipinski definition) is 1. The van der Waals surface area contributed by atoms with Crippen LogP contribution in [-0.4, -0.2) is 10.8 Å². The fourth-order valence-electron chi connectivity index (χ4n) is 1.70. The van der Waals surface area contributed by atoms with E-state index in [9.17, 15) is 19.3 Å². The van der Waals surface area contributed by atoms with E-state index >= 15 is 0 Å². The summed E-state index contributed by atoms with van der Waals surface area (Å²) < 4.78 is 13.7. The summed E-state index contributed by atoms with van der Waals surface area (Å²) in [6.07, 6.45) is 0. The highest BCUT2D eigenvalue weighted by molar-refractivity contribution is 6.07. The van der Waals surface area contributed by atoms with Crippen molar-refractivity contribution in [3.8, 4) is 6.07 Å². The van der Waals surface area contributed by atoms with Crippen LogP contribution in [0.3, 0.4) is 0 Å². The first kappa shape index (κ1) is 14.1. The molecule has 0 aliphatic heterocycles. The van der Waals surface area contributed by atoms with Crippen LogP contribution in [0.25, 0.3) is 0 Å². The Morgan fingerprint density at radius 1 is 1.29 bits per heavy atom. The van der Waals surface area contributed by atoms with Crippen LogP contribution in [0.1, 0.15) is 15.9 Å². The lowest BCUT2D eigenvalue weighted by atomic mass is 10.1. The van der Waals surface area contributed by atoms with Crippen molar-refractivity contribution in [2.75, 3.05) is 5.32 Å². The van der Waals surface area contributed by atoms with Crippen molar-refractivity contribution < 1.29 is 14.1 Å². The number of benzene rings is 2. The molecule has 6 nitrogen and oxygen atoms in total. The summed E-state index contributed by atoms with van der Waals surface area (Å²) in [5.41, 5.74) is -0.594. The molecule has 0 bridgehead atoms. The second kappa shape index (κ2) is 5.79. The average molecular weight is 285 g/mol. The van der Waals surface area contributed by atoms with Crippen LogP contribution in [-0.2, 0) is 0 Å². The maximum atomic E-state index is 13.7. The van der Waals surface area contributed by atoms with E-state index < -0.39 is 16.6 Å². The highest BCUT2D eigenvalue weighted by atomic mass is 19.1. The van der Waals surface area contributed by atoms with Gasteiger partial charge in [0.1, 0.15) is 11.4 Å². The standard InChI is InChI=1S/C14H8FN3O3/c15-11-7-9(8-16)5-6-12(11)17-14(19)10-3-1-2-4-13(10)18(20)21/h1-7H,(H,17,19). The van der Waals surface area contributed by atoms with Crippen molar-refractivity contribution in [3.05, 3.63) is 69.5 Å². The van der Waals surface area contributed by atoms with E-state index in [2.05, 4.69) is 5.32 Å². The number of anilines is 1. The normalized spacial score (nSPS) is 9.71. The Morgan fingerprint density at radius 3 is 2.62 bits per heavy atom. The van der Waals surface area contributed by atoms with Gasteiger partial charge in [-0.3, -0.25) is 14.9 Å². The average Bonchev–Trinajstić information content (AvgIpc) is 2.49. The first-order chi connectivity index (χ1) is 10.0. The van der Waals surface area contributed by atoms with Gasteiger partial charge in [-0.05, 0) is 24.3 Å². The number of nitro groups is 1. The third-order valence-electron chi connectivity index (χ3n) is 2.69. The molecule has 21 heavy (non-hydrogen) atoms. The first-order valence-corrected chi connectivity index (χ1v) is 5.77. The number of halogens is 1. The van der Waals surface area contributed by atoms with Crippen LogP contribution in [0.4, 0.5) is 15.8 Å². The molecule has 0 atom stereocenters. The van der Waals surface area contributed by atoms with Crippen molar-refractivity contribution in [2.45, 2.75) is 0 Å². The fraction of sp³-hybridized carbons (Fsp3) is 0. The van der Waals surface area contributed by atoms with E-state index in [0.29, 0.717) is 0 Å². The first-order valence-electron chi connectivity index (χ1n) is 5.77. The van der Waals surface area contributed by atoms with Gasteiger partial charge in [-0.25, -0.2) is 4.39 Å². The minimum Gasteiger partial charge on any atom is -0.319 e. The molecule has 2 aromatic rings. The molecule has 0 aromatic heterocycles. The zero-order valence-electron chi connectivity index (χ0n) is 10.5. The molecule has 0 heterocycles. The summed E-state index contributed by atoms with van der Waals surface area (Å²) >= 11 is 0. The van der Waals surface area contributed by atoms with E-state index in [1.807, 2.05) is 0 Å². The Kier molecular flexibility index (Phi) is 3.90. The van der Waals surface area contributed by atoms with Crippen LogP contribution in [0.5, 0.6) is 0 Å².